The highest BCUT2D eigenvalue weighted by molar-refractivity contribution is 5.89. The summed E-state index contributed by atoms with van der Waals surface area (Å²) in [6, 6.07) is -0.0820. The second-order valence-corrected chi connectivity index (χ2v) is 4.71. The number of Topliss-reactive ketones (excluding diaryl/α,β-unsaturated/α-hetero) is 1. The van der Waals surface area contributed by atoms with Crippen molar-refractivity contribution in [3.63, 3.8) is 0 Å². The van der Waals surface area contributed by atoms with Crippen LogP contribution in [0, 0.1) is 5.41 Å². The van der Waals surface area contributed by atoms with Crippen molar-refractivity contribution in [3.05, 3.63) is 0 Å². The Hall–Kier alpha value is -0.450. The molecule has 1 aliphatic rings. The number of nitrogens with one attached hydrogen (secondary N) is 2. The van der Waals surface area contributed by atoms with Crippen LogP contribution in [0.2, 0.25) is 0 Å². The average Bonchev–Trinajstić information content (AvgIpc) is 2.15. The molecule has 1 saturated heterocycles. The molecule has 82 valence electrons. The first-order valence-electron chi connectivity index (χ1n) is 4.99. The van der Waals surface area contributed by atoms with Crippen molar-refractivity contribution >= 4 is 5.78 Å². The summed E-state index contributed by atoms with van der Waals surface area (Å²) < 4.78 is 5.12. The molecule has 4 nitrogen and oxygen atoms in total. The third-order valence-electron chi connectivity index (χ3n) is 2.44. The molecular weight excluding hydrogens is 180 g/mol. The Kier molecular flexibility index (Phi) is 3.64. The van der Waals surface area contributed by atoms with Crippen LogP contribution in [0.1, 0.15) is 20.8 Å². The van der Waals surface area contributed by atoms with Gasteiger partial charge in [-0.2, -0.15) is 0 Å². The summed E-state index contributed by atoms with van der Waals surface area (Å²) in [5, 5.41) is 6.36. The molecule has 1 aliphatic heterocycles. The van der Waals surface area contributed by atoms with E-state index in [-0.39, 0.29) is 23.5 Å². The molecule has 1 heterocycles. The Morgan fingerprint density at radius 1 is 1.29 bits per heavy atom. The minimum atomic E-state index is -0.279. The number of hydrogen-bond acceptors (Lipinski definition) is 4. The summed E-state index contributed by atoms with van der Waals surface area (Å²) in [6.07, 6.45) is 0.0269. The van der Waals surface area contributed by atoms with E-state index >= 15 is 0 Å². The molecule has 0 bridgehead atoms. The van der Waals surface area contributed by atoms with Gasteiger partial charge in [-0.3, -0.25) is 10.1 Å². The predicted molar refractivity (Wildman–Crippen MR) is 55.1 cm³/mol. The third kappa shape index (κ3) is 2.77. The number of ketones is 1. The molecule has 0 spiro atoms. The predicted octanol–water partition coefficient (Wildman–Crippen LogP) is 0.136. The molecule has 2 N–H and O–H groups in total. The van der Waals surface area contributed by atoms with Gasteiger partial charge in [0.15, 0.2) is 5.78 Å². The van der Waals surface area contributed by atoms with Gasteiger partial charge in [-0.15, -0.1) is 0 Å². The van der Waals surface area contributed by atoms with Crippen LogP contribution in [0.25, 0.3) is 0 Å². The molecule has 2 atom stereocenters. The van der Waals surface area contributed by atoms with E-state index in [0.29, 0.717) is 13.1 Å². The summed E-state index contributed by atoms with van der Waals surface area (Å²) in [7, 11) is 1.66. The van der Waals surface area contributed by atoms with E-state index in [9.17, 15) is 4.79 Å². The number of carbonyl (C=O) groups is 1. The zero-order chi connectivity index (χ0) is 10.8. The lowest BCUT2D eigenvalue weighted by Crippen LogP contribution is -2.59. The number of methoxy groups -OCH3 is 1. The van der Waals surface area contributed by atoms with Crippen LogP contribution in [0.3, 0.4) is 0 Å². The second kappa shape index (κ2) is 4.38. The number of rotatable bonds is 2. The fourth-order valence-electron chi connectivity index (χ4n) is 1.52. The smallest absolute Gasteiger partial charge is 0.156 e. The molecule has 0 aromatic rings. The van der Waals surface area contributed by atoms with Crippen LogP contribution < -0.4 is 10.6 Å². The fourth-order valence-corrected chi connectivity index (χ4v) is 1.52. The number of piperazine rings is 1. The monoisotopic (exact) mass is 200 g/mol. The average molecular weight is 200 g/mol. The van der Waals surface area contributed by atoms with Gasteiger partial charge >= 0.3 is 0 Å². The largest absolute Gasteiger partial charge is 0.365 e. The van der Waals surface area contributed by atoms with Gasteiger partial charge in [0.2, 0.25) is 0 Å². The van der Waals surface area contributed by atoms with Gasteiger partial charge in [-0.25, -0.2) is 0 Å². The normalized spacial score (nSPS) is 28.9. The molecule has 4 heteroatoms. The van der Waals surface area contributed by atoms with Crippen molar-refractivity contribution < 1.29 is 9.53 Å². The highest BCUT2D eigenvalue weighted by atomic mass is 16.5. The Labute approximate surface area is 85.4 Å². The van der Waals surface area contributed by atoms with Crippen LogP contribution in [-0.4, -0.2) is 38.3 Å². The van der Waals surface area contributed by atoms with Crippen LogP contribution in [0.5, 0.6) is 0 Å². The molecule has 0 saturated carbocycles. The van der Waals surface area contributed by atoms with Crippen molar-refractivity contribution in [3.8, 4) is 0 Å². The zero-order valence-electron chi connectivity index (χ0n) is 9.39. The third-order valence-corrected chi connectivity index (χ3v) is 2.44. The molecule has 1 rings (SSSR count). The van der Waals surface area contributed by atoms with Crippen LogP contribution in [0.4, 0.5) is 0 Å². The summed E-state index contributed by atoms with van der Waals surface area (Å²) in [5.74, 6) is 0.250. The quantitative estimate of drug-likeness (QED) is 0.665. The molecule has 0 amide bonds. The number of carbonyl (C=O) groups excluding carboxylic acids is 1. The first-order valence-corrected chi connectivity index (χ1v) is 4.99. The maximum atomic E-state index is 11.9. The van der Waals surface area contributed by atoms with E-state index in [4.69, 9.17) is 4.74 Å². The van der Waals surface area contributed by atoms with Gasteiger partial charge in [0.1, 0.15) is 6.23 Å². The van der Waals surface area contributed by atoms with Gasteiger partial charge in [0.05, 0.1) is 6.04 Å². The van der Waals surface area contributed by atoms with E-state index in [1.807, 2.05) is 20.8 Å². The molecule has 14 heavy (non-hydrogen) atoms. The zero-order valence-corrected chi connectivity index (χ0v) is 9.39. The lowest BCUT2D eigenvalue weighted by atomic mass is 9.86. The minimum absolute atomic E-state index is 0.0269. The van der Waals surface area contributed by atoms with Crippen molar-refractivity contribution in [2.24, 2.45) is 5.41 Å². The molecule has 2 unspecified atom stereocenters. The maximum absolute atomic E-state index is 11.9. The highest BCUT2D eigenvalue weighted by Crippen LogP contribution is 2.17. The number of ether oxygens (including phenoxy) is 1. The summed E-state index contributed by atoms with van der Waals surface area (Å²) in [4.78, 5) is 11.9. The van der Waals surface area contributed by atoms with E-state index < -0.39 is 0 Å². The van der Waals surface area contributed by atoms with Crippen molar-refractivity contribution in [1.29, 1.82) is 0 Å². The van der Waals surface area contributed by atoms with E-state index in [1.54, 1.807) is 7.11 Å². The van der Waals surface area contributed by atoms with E-state index in [1.165, 1.54) is 0 Å². The number of hydrogen-bond donors (Lipinski definition) is 2. The van der Waals surface area contributed by atoms with Crippen molar-refractivity contribution in [2.45, 2.75) is 33.0 Å². The van der Waals surface area contributed by atoms with Crippen LogP contribution in [0.15, 0.2) is 0 Å². The van der Waals surface area contributed by atoms with E-state index in [2.05, 4.69) is 10.6 Å². The fraction of sp³-hybridized carbons (Fsp3) is 0.900. The first kappa shape index (κ1) is 11.6. The van der Waals surface area contributed by atoms with Crippen molar-refractivity contribution in [2.75, 3.05) is 20.2 Å². The van der Waals surface area contributed by atoms with Crippen LogP contribution in [-0.2, 0) is 9.53 Å². The highest BCUT2D eigenvalue weighted by Gasteiger charge is 2.32. The van der Waals surface area contributed by atoms with Gasteiger partial charge in [0.25, 0.3) is 0 Å². The standard InChI is InChI=1S/C10H20N2O2/c1-10(2,3)9(13)7-5-12-8(14-4)6-11-7/h7-8,11-12H,5-6H2,1-4H3. The first-order chi connectivity index (χ1) is 6.45. The molecular formula is C10H20N2O2. The lowest BCUT2D eigenvalue weighted by Gasteiger charge is -2.32. The van der Waals surface area contributed by atoms with Gasteiger partial charge in [-0.1, -0.05) is 20.8 Å². The van der Waals surface area contributed by atoms with Gasteiger partial charge in [-0.05, 0) is 0 Å². The Bertz CT molecular complexity index is 203. The van der Waals surface area contributed by atoms with Gasteiger partial charge < -0.3 is 10.1 Å². The second-order valence-electron chi connectivity index (χ2n) is 4.71. The molecule has 0 aromatic heterocycles. The van der Waals surface area contributed by atoms with Crippen LogP contribution >= 0.6 is 0 Å². The van der Waals surface area contributed by atoms with Crippen molar-refractivity contribution in [1.82, 2.24) is 10.6 Å². The lowest BCUT2D eigenvalue weighted by molar-refractivity contribution is -0.129. The SMILES string of the molecule is COC1CNC(C(=O)C(C)(C)C)CN1. The van der Waals surface area contributed by atoms with Gasteiger partial charge in [0, 0.05) is 25.6 Å². The van der Waals surface area contributed by atoms with E-state index in [0.717, 1.165) is 0 Å². The summed E-state index contributed by atoms with van der Waals surface area (Å²) in [6.45, 7) is 7.16. The molecule has 1 fully saturated rings. The molecule has 0 aliphatic carbocycles. The summed E-state index contributed by atoms with van der Waals surface area (Å²) >= 11 is 0. The molecule has 0 aromatic carbocycles. The minimum Gasteiger partial charge on any atom is -0.365 e. The Morgan fingerprint density at radius 3 is 2.29 bits per heavy atom. The Balaban J connectivity index is 2.46. The maximum Gasteiger partial charge on any atom is 0.156 e. The molecule has 0 radical (unpaired) electrons. The topological polar surface area (TPSA) is 50.4 Å². The Morgan fingerprint density at radius 2 is 1.93 bits per heavy atom. The summed E-state index contributed by atoms with van der Waals surface area (Å²) in [5.41, 5.74) is -0.279.